The highest BCUT2D eigenvalue weighted by atomic mass is 16.6. The molecule has 3 aromatic rings. The summed E-state index contributed by atoms with van der Waals surface area (Å²) in [6, 6.07) is 7.15. The number of ketones is 1. The van der Waals surface area contributed by atoms with Gasteiger partial charge in [0.2, 0.25) is 0 Å². The van der Waals surface area contributed by atoms with Crippen LogP contribution in [0.15, 0.2) is 30.5 Å². The first kappa shape index (κ1) is 29.8. The van der Waals surface area contributed by atoms with E-state index < -0.39 is 54.2 Å². The van der Waals surface area contributed by atoms with Gasteiger partial charge in [-0.05, 0) is 37.1 Å². The van der Waals surface area contributed by atoms with Gasteiger partial charge >= 0.3 is 17.9 Å². The third-order valence-corrected chi connectivity index (χ3v) is 7.14. The van der Waals surface area contributed by atoms with E-state index in [1.165, 1.54) is 25.5 Å². The van der Waals surface area contributed by atoms with E-state index in [4.69, 9.17) is 23.7 Å². The number of hydrogen-bond acceptors (Lipinski definition) is 13. The number of methoxy groups -OCH3 is 1. The van der Waals surface area contributed by atoms with E-state index in [1.54, 1.807) is 42.3 Å². The van der Waals surface area contributed by atoms with Crippen LogP contribution in [0.5, 0.6) is 5.75 Å². The summed E-state index contributed by atoms with van der Waals surface area (Å²) in [7, 11) is 1.56. The normalized spacial score (nSPS) is 23.8. The van der Waals surface area contributed by atoms with Crippen molar-refractivity contribution in [3.63, 3.8) is 0 Å². The zero-order valence-corrected chi connectivity index (χ0v) is 24.2. The van der Waals surface area contributed by atoms with Crippen molar-refractivity contribution in [1.29, 1.82) is 0 Å². The molecule has 1 aromatic carbocycles. The topological polar surface area (TPSA) is 176 Å². The van der Waals surface area contributed by atoms with Crippen LogP contribution in [0.3, 0.4) is 0 Å². The van der Waals surface area contributed by atoms with Gasteiger partial charge in [0.05, 0.1) is 25.0 Å². The number of rotatable bonds is 5. The van der Waals surface area contributed by atoms with Gasteiger partial charge < -0.3 is 23.7 Å². The van der Waals surface area contributed by atoms with Crippen molar-refractivity contribution < 1.29 is 42.9 Å². The maximum absolute atomic E-state index is 13.9. The molecular formula is C28H32N6O9. The lowest BCUT2D eigenvalue weighted by Crippen LogP contribution is -2.62. The van der Waals surface area contributed by atoms with Crippen molar-refractivity contribution in [3.8, 4) is 17.0 Å². The minimum atomic E-state index is -1.28. The van der Waals surface area contributed by atoms with Gasteiger partial charge in [0.25, 0.3) is 0 Å². The minimum absolute atomic E-state index is 0.0474. The Bertz CT molecular complexity index is 1500. The Labute approximate surface area is 246 Å². The van der Waals surface area contributed by atoms with E-state index >= 15 is 0 Å². The van der Waals surface area contributed by atoms with Gasteiger partial charge in [-0.2, -0.15) is 0 Å². The summed E-state index contributed by atoms with van der Waals surface area (Å²) in [6.07, 6.45) is -3.21. The molecule has 0 unspecified atom stereocenters. The molecule has 0 spiro atoms. The van der Waals surface area contributed by atoms with Gasteiger partial charge in [-0.15, -0.1) is 10.2 Å². The monoisotopic (exact) mass is 596 g/mol. The molecule has 1 fully saturated rings. The Morgan fingerprint density at radius 2 is 1.53 bits per heavy atom. The highest BCUT2D eigenvalue weighted by molar-refractivity contribution is 6.00. The Morgan fingerprint density at radius 1 is 0.884 bits per heavy atom. The number of carbonyl (C=O) groups is 4. The molecule has 43 heavy (non-hydrogen) atoms. The number of benzene rings is 1. The summed E-state index contributed by atoms with van der Waals surface area (Å²) in [6.45, 7) is 4.04. The van der Waals surface area contributed by atoms with Gasteiger partial charge in [-0.25, -0.2) is 9.36 Å². The van der Waals surface area contributed by atoms with Crippen LogP contribution in [-0.2, 0) is 52.8 Å². The summed E-state index contributed by atoms with van der Waals surface area (Å²) in [5.74, 6) is -1.88. The zero-order valence-electron chi connectivity index (χ0n) is 24.2. The first-order valence-electron chi connectivity index (χ1n) is 13.8. The fraction of sp³-hybridized carbons (Fsp3) is 0.500. The number of hydrogen-bond donors (Lipinski definition) is 0. The number of nitrogens with zero attached hydrogens (tertiary/aromatic N) is 6. The average molecular weight is 597 g/mol. The second kappa shape index (κ2) is 12.7. The van der Waals surface area contributed by atoms with Crippen molar-refractivity contribution in [2.45, 2.75) is 83.6 Å². The van der Waals surface area contributed by atoms with Crippen LogP contribution in [-0.4, -0.2) is 91.3 Å². The Morgan fingerprint density at radius 3 is 2.19 bits per heavy atom. The summed E-state index contributed by atoms with van der Waals surface area (Å²) >= 11 is 0. The number of fused-ring (bicyclic) bond motifs is 6. The number of Topliss-reactive ketones (excluding diaryl/α,β-unsaturated/α-hetero) is 1. The molecule has 0 saturated carbocycles. The Hall–Kier alpha value is -4.66. The molecule has 6 bridgehead atoms. The molecule has 0 amide bonds. The van der Waals surface area contributed by atoms with E-state index in [9.17, 15) is 19.2 Å². The maximum atomic E-state index is 13.9. The van der Waals surface area contributed by atoms with Crippen molar-refractivity contribution >= 4 is 23.7 Å². The minimum Gasteiger partial charge on any atom is -0.497 e. The second-order valence-electron chi connectivity index (χ2n) is 10.3. The molecule has 1 saturated heterocycles. The molecule has 0 radical (unpaired) electrons. The number of ether oxygens (including phenoxy) is 5. The highest BCUT2D eigenvalue weighted by Gasteiger charge is 2.52. The lowest BCUT2D eigenvalue weighted by atomic mass is 9.90. The van der Waals surface area contributed by atoms with Gasteiger partial charge in [0.15, 0.2) is 29.8 Å². The molecule has 2 aromatic heterocycles. The molecule has 15 heteroatoms. The van der Waals surface area contributed by atoms with Crippen LogP contribution in [0, 0.1) is 0 Å². The van der Waals surface area contributed by atoms with Crippen LogP contribution in [0.25, 0.3) is 11.3 Å². The predicted molar refractivity (Wildman–Crippen MR) is 145 cm³/mol. The number of aromatic nitrogens is 6. The number of esters is 3. The lowest BCUT2D eigenvalue weighted by Gasteiger charge is -2.44. The largest absolute Gasteiger partial charge is 0.497 e. The lowest BCUT2D eigenvalue weighted by molar-refractivity contribution is -0.248. The third-order valence-electron chi connectivity index (χ3n) is 7.14. The number of aryl methyl sites for hydroxylation is 2. The van der Waals surface area contributed by atoms with E-state index in [0.29, 0.717) is 42.1 Å². The van der Waals surface area contributed by atoms with Gasteiger partial charge in [0, 0.05) is 45.5 Å². The van der Waals surface area contributed by atoms with Gasteiger partial charge in [-0.3, -0.25) is 19.2 Å². The summed E-state index contributed by atoms with van der Waals surface area (Å²) in [5, 5.41) is 17.0. The standard InChI is InChI=1S/C28H32N6O9/c1-15(35)40-26-22-12-21(38)24-25(18-7-9-20(39-4)10-8-18)34(32-30-24)11-5-6-19-13-33(31-29-19)14-23(43-22)27(41-16(2)36)28(26)42-17(3)37/h7-10,13,22-23,26-28H,5-6,11-12,14H2,1-4H3/t22-,23-,26-,27-,28-/m1/s1. The molecule has 4 heterocycles. The first-order chi connectivity index (χ1) is 20.6. The maximum Gasteiger partial charge on any atom is 0.303 e. The Balaban J connectivity index is 1.60. The highest BCUT2D eigenvalue weighted by Crippen LogP contribution is 2.33. The van der Waals surface area contributed by atoms with E-state index in [-0.39, 0.29) is 18.7 Å². The summed E-state index contributed by atoms with van der Waals surface area (Å²) < 4.78 is 31.5. The van der Waals surface area contributed by atoms with Crippen LogP contribution < -0.4 is 4.74 Å². The SMILES string of the molecule is COc1ccc(-c2c3nnn2CCCc2cn(nn2)C[C@H]2O[C@H](CC3=O)[C@@H](OC(C)=O)[C@@H](OC(C)=O)[C@@H]2OC(C)=O)cc1. The second-order valence-corrected chi connectivity index (χ2v) is 10.3. The van der Waals surface area contributed by atoms with Crippen LogP contribution >= 0.6 is 0 Å². The van der Waals surface area contributed by atoms with E-state index in [0.717, 1.165) is 0 Å². The summed E-state index contributed by atoms with van der Waals surface area (Å²) in [5.41, 5.74) is 1.98. The van der Waals surface area contributed by atoms with Crippen molar-refractivity contribution in [2.75, 3.05) is 7.11 Å². The third kappa shape index (κ3) is 6.71. The molecule has 5 atom stereocenters. The van der Waals surface area contributed by atoms with Gasteiger partial charge in [-0.1, -0.05) is 10.4 Å². The van der Waals surface area contributed by atoms with Crippen LogP contribution in [0.1, 0.15) is 49.8 Å². The summed E-state index contributed by atoms with van der Waals surface area (Å²) in [4.78, 5) is 50.5. The van der Waals surface area contributed by atoms with E-state index in [2.05, 4.69) is 20.6 Å². The Kier molecular flexibility index (Phi) is 8.80. The molecule has 2 aliphatic heterocycles. The number of carbonyl (C=O) groups excluding carboxylic acids is 4. The van der Waals surface area contributed by atoms with Crippen molar-refractivity contribution in [1.82, 2.24) is 30.0 Å². The average Bonchev–Trinajstić information content (AvgIpc) is 3.58. The van der Waals surface area contributed by atoms with E-state index in [1.807, 2.05) is 0 Å². The molecule has 5 rings (SSSR count). The quantitative estimate of drug-likeness (QED) is 0.305. The van der Waals surface area contributed by atoms with Crippen LogP contribution in [0.4, 0.5) is 0 Å². The molecular weight excluding hydrogens is 564 g/mol. The van der Waals surface area contributed by atoms with Crippen LogP contribution in [0.2, 0.25) is 0 Å². The van der Waals surface area contributed by atoms with Crippen molar-refractivity contribution in [3.05, 3.63) is 41.9 Å². The smallest absolute Gasteiger partial charge is 0.303 e. The molecule has 0 aliphatic carbocycles. The fourth-order valence-corrected chi connectivity index (χ4v) is 5.40. The molecule has 228 valence electrons. The predicted octanol–water partition coefficient (Wildman–Crippen LogP) is 1.33. The molecule has 0 N–H and O–H groups in total. The molecule has 2 aliphatic rings. The molecule has 15 nitrogen and oxygen atoms in total. The zero-order chi connectivity index (χ0) is 30.7. The van der Waals surface area contributed by atoms with Crippen molar-refractivity contribution in [2.24, 2.45) is 0 Å². The first-order valence-corrected chi connectivity index (χ1v) is 13.8. The fourth-order valence-electron chi connectivity index (χ4n) is 5.40. The van der Waals surface area contributed by atoms with Gasteiger partial charge in [0.1, 0.15) is 18.0 Å².